The van der Waals surface area contributed by atoms with Gasteiger partial charge in [-0.3, -0.25) is 4.98 Å². The van der Waals surface area contributed by atoms with Crippen molar-refractivity contribution in [2.45, 2.75) is 26.1 Å². The third-order valence-corrected chi connectivity index (χ3v) is 4.13. The minimum Gasteiger partial charge on any atom is -0.460 e. The van der Waals surface area contributed by atoms with E-state index in [1.165, 1.54) is 0 Å². The van der Waals surface area contributed by atoms with Crippen LogP contribution in [0.4, 0.5) is 0 Å². The molecule has 4 rings (SSSR count). The Morgan fingerprint density at radius 1 is 1.12 bits per heavy atom. The predicted molar refractivity (Wildman–Crippen MR) is 94.9 cm³/mol. The third-order valence-electron chi connectivity index (χ3n) is 4.13. The first-order valence-corrected chi connectivity index (χ1v) is 8.52. The molecule has 0 N–H and O–H groups in total. The van der Waals surface area contributed by atoms with E-state index in [-0.39, 0.29) is 0 Å². The number of pyridine rings is 1. The summed E-state index contributed by atoms with van der Waals surface area (Å²) < 4.78 is 12.0. The van der Waals surface area contributed by atoms with E-state index in [9.17, 15) is 0 Å². The van der Waals surface area contributed by atoms with Crippen LogP contribution >= 0.6 is 0 Å². The highest BCUT2D eigenvalue weighted by molar-refractivity contribution is 5.73. The van der Waals surface area contributed by atoms with Crippen LogP contribution in [-0.4, -0.2) is 21.6 Å². The molecular formula is C20H19N3O2. The summed E-state index contributed by atoms with van der Waals surface area (Å²) in [5, 5.41) is 0. The summed E-state index contributed by atoms with van der Waals surface area (Å²) in [4.78, 5) is 13.4. The lowest BCUT2D eigenvalue weighted by molar-refractivity contribution is -0.0861. The fourth-order valence-corrected chi connectivity index (χ4v) is 2.82. The largest absolute Gasteiger partial charge is 0.460 e. The van der Waals surface area contributed by atoms with E-state index in [1.54, 1.807) is 18.6 Å². The van der Waals surface area contributed by atoms with Crippen LogP contribution in [0.1, 0.15) is 31.6 Å². The maximum atomic E-state index is 6.04. The molecule has 0 saturated carbocycles. The molecule has 0 fully saturated rings. The van der Waals surface area contributed by atoms with Crippen molar-refractivity contribution in [3.8, 4) is 28.4 Å². The minimum absolute atomic E-state index is 0.473. The smallest absolute Gasteiger partial charge is 0.230 e. The number of rotatable bonds is 5. The molecule has 3 heterocycles. The Morgan fingerprint density at radius 3 is 2.88 bits per heavy atom. The molecule has 5 nitrogen and oxygen atoms in total. The Hall–Kier alpha value is -2.79. The van der Waals surface area contributed by atoms with Crippen molar-refractivity contribution in [3.05, 3.63) is 60.6 Å². The third kappa shape index (κ3) is 3.10. The van der Waals surface area contributed by atoms with Crippen molar-refractivity contribution in [1.29, 1.82) is 0 Å². The van der Waals surface area contributed by atoms with Crippen LogP contribution < -0.4 is 4.74 Å². The zero-order chi connectivity index (χ0) is 17.1. The number of ether oxygens (including phenoxy) is 2. The number of hydrogen-bond acceptors (Lipinski definition) is 5. The van der Waals surface area contributed by atoms with E-state index in [4.69, 9.17) is 14.5 Å². The molecule has 1 aliphatic heterocycles. The van der Waals surface area contributed by atoms with Crippen LogP contribution in [0.5, 0.6) is 5.75 Å². The topological polar surface area (TPSA) is 57.1 Å². The quantitative estimate of drug-likeness (QED) is 0.647. The molecule has 2 aromatic heterocycles. The van der Waals surface area contributed by atoms with E-state index in [0.717, 1.165) is 41.0 Å². The first kappa shape index (κ1) is 15.7. The van der Waals surface area contributed by atoms with Crippen LogP contribution in [0.25, 0.3) is 22.6 Å². The minimum atomic E-state index is -0.473. The Labute approximate surface area is 146 Å². The first-order chi connectivity index (χ1) is 12.4. The maximum absolute atomic E-state index is 6.04. The zero-order valence-electron chi connectivity index (χ0n) is 14.1. The Morgan fingerprint density at radius 2 is 2.04 bits per heavy atom. The maximum Gasteiger partial charge on any atom is 0.230 e. The monoisotopic (exact) mass is 333 g/mol. The molecule has 25 heavy (non-hydrogen) atoms. The molecule has 5 heteroatoms. The van der Waals surface area contributed by atoms with E-state index in [1.807, 2.05) is 36.4 Å². The second-order valence-electron chi connectivity index (χ2n) is 5.91. The van der Waals surface area contributed by atoms with Gasteiger partial charge in [-0.25, -0.2) is 9.97 Å². The van der Waals surface area contributed by atoms with Gasteiger partial charge in [0.25, 0.3) is 0 Å². The van der Waals surface area contributed by atoms with Gasteiger partial charge >= 0.3 is 0 Å². The number of para-hydroxylation sites is 1. The molecule has 1 atom stereocenters. The molecule has 0 bridgehead atoms. The van der Waals surface area contributed by atoms with Gasteiger partial charge in [0.2, 0.25) is 6.29 Å². The first-order valence-electron chi connectivity index (χ1n) is 8.52. The highest BCUT2D eigenvalue weighted by Gasteiger charge is 2.28. The summed E-state index contributed by atoms with van der Waals surface area (Å²) >= 11 is 0. The van der Waals surface area contributed by atoms with Crippen molar-refractivity contribution in [2.75, 3.05) is 6.61 Å². The second-order valence-corrected chi connectivity index (χ2v) is 5.91. The van der Waals surface area contributed by atoms with Crippen molar-refractivity contribution in [2.24, 2.45) is 0 Å². The van der Waals surface area contributed by atoms with Gasteiger partial charge in [-0.1, -0.05) is 25.5 Å². The summed E-state index contributed by atoms with van der Waals surface area (Å²) in [5.41, 5.74) is 3.57. The highest BCUT2D eigenvalue weighted by atomic mass is 16.7. The van der Waals surface area contributed by atoms with E-state index in [0.29, 0.717) is 12.4 Å². The molecule has 1 aromatic carbocycles. The number of hydrogen-bond donors (Lipinski definition) is 0. The van der Waals surface area contributed by atoms with Crippen LogP contribution in [0.3, 0.4) is 0 Å². The lowest BCUT2D eigenvalue weighted by Crippen LogP contribution is -2.19. The highest BCUT2D eigenvalue weighted by Crippen LogP contribution is 2.41. The second kappa shape index (κ2) is 6.99. The molecule has 0 aliphatic carbocycles. The summed E-state index contributed by atoms with van der Waals surface area (Å²) in [5.74, 6) is 1.43. The van der Waals surface area contributed by atoms with Crippen LogP contribution in [0, 0.1) is 0 Å². The normalized spacial score (nSPS) is 15.2. The van der Waals surface area contributed by atoms with Crippen molar-refractivity contribution in [1.82, 2.24) is 15.0 Å². The van der Waals surface area contributed by atoms with Crippen LogP contribution in [-0.2, 0) is 4.74 Å². The van der Waals surface area contributed by atoms with E-state index < -0.39 is 6.29 Å². The molecule has 1 aliphatic rings. The molecule has 3 aromatic rings. The summed E-state index contributed by atoms with van der Waals surface area (Å²) in [6.45, 7) is 2.78. The summed E-state index contributed by atoms with van der Waals surface area (Å²) in [6.07, 6.45) is 6.90. The van der Waals surface area contributed by atoms with Crippen molar-refractivity contribution >= 4 is 0 Å². The molecule has 0 amide bonds. The van der Waals surface area contributed by atoms with E-state index >= 15 is 0 Å². The van der Waals surface area contributed by atoms with Gasteiger partial charge in [0.1, 0.15) is 5.75 Å². The number of fused-ring (bicyclic) bond motifs is 3. The van der Waals surface area contributed by atoms with Gasteiger partial charge in [0, 0.05) is 29.7 Å². The van der Waals surface area contributed by atoms with Crippen LogP contribution in [0.2, 0.25) is 0 Å². The Bertz CT molecular complexity index is 868. The van der Waals surface area contributed by atoms with Crippen LogP contribution in [0.15, 0.2) is 55.0 Å². The number of benzene rings is 1. The molecule has 0 radical (unpaired) electrons. The molecule has 0 spiro atoms. The molecular weight excluding hydrogens is 314 g/mol. The van der Waals surface area contributed by atoms with Gasteiger partial charge in [0.15, 0.2) is 5.82 Å². The van der Waals surface area contributed by atoms with Gasteiger partial charge in [0.05, 0.1) is 17.9 Å². The Kier molecular flexibility index (Phi) is 4.39. The predicted octanol–water partition coefficient (Wildman–Crippen LogP) is 4.41. The summed E-state index contributed by atoms with van der Waals surface area (Å²) in [6, 6.07) is 11.7. The molecule has 1 unspecified atom stereocenters. The fraction of sp³-hybridized carbons (Fsp3) is 0.250. The summed E-state index contributed by atoms with van der Waals surface area (Å²) in [7, 11) is 0. The number of nitrogens with zero attached hydrogens (tertiary/aromatic N) is 3. The van der Waals surface area contributed by atoms with Gasteiger partial charge in [-0.05, 0) is 30.7 Å². The van der Waals surface area contributed by atoms with Crippen molar-refractivity contribution in [3.63, 3.8) is 0 Å². The average molecular weight is 333 g/mol. The Balaban J connectivity index is 1.77. The number of aromatic nitrogens is 3. The number of unbranched alkanes of at least 4 members (excludes halogenated alkanes) is 1. The zero-order valence-corrected chi connectivity index (χ0v) is 14.1. The standard InChI is InChI=1S/C20H19N3O2/c1-2-3-11-24-20-16-13-22-19(14-7-6-10-21-12-14)23-18(16)15-8-4-5-9-17(15)25-20/h4-10,12-13,20H,2-3,11H2,1H3. The lowest BCUT2D eigenvalue weighted by Gasteiger charge is -2.27. The van der Waals surface area contributed by atoms with Gasteiger partial charge in [-0.15, -0.1) is 0 Å². The molecule has 0 saturated heterocycles. The van der Waals surface area contributed by atoms with Gasteiger partial charge < -0.3 is 9.47 Å². The van der Waals surface area contributed by atoms with Crippen molar-refractivity contribution < 1.29 is 9.47 Å². The fourth-order valence-electron chi connectivity index (χ4n) is 2.82. The lowest BCUT2D eigenvalue weighted by atomic mass is 10.0. The van der Waals surface area contributed by atoms with E-state index in [2.05, 4.69) is 16.9 Å². The SMILES string of the molecule is CCCCOC1Oc2ccccc2-c2nc(-c3cccnc3)ncc21. The van der Waals surface area contributed by atoms with Gasteiger partial charge in [-0.2, -0.15) is 0 Å². The average Bonchev–Trinajstić information content (AvgIpc) is 2.68. The molecule has 126 valence electrons.